The molecule has 0 spiro atoms. The number of aromatic hydroxyl groups is 1. The topological polar surface area (TPSA) is 49.7 Å². The molecule has 6 unspecified atom stereocenters. The van der Waals surface area contributed by atoms with Crippen LogP contribution in [0, 0.1) is 17.3 Å². The number of methoxy groups -OCH3 is 1. The molecule has 0 saturated heterocycles. The van der Waals surface area contributed by atoms with Gasteiger partial charge in [0.15, 0.2) is 0 Å². The lowest BCUT2D eigenvalue weighted by molar-refractivity contribution is -0.0253. The van der Waals surface area contributed by atoms with Crippen LogP contribution >= 0.6 is 0 Å². The van der Waals surface area contributed by atoms with Crippen LogP contribution in [0.3, 0.4) is 0 Å². The highest BCUT2D eigenvalue weighted by molar-refractivity contribution is 5.42. The van der Waals surface area contributed by atoms with Crippen molar-refractivity contribution in [3.8, 4) is 5.75 Å². The third-order valence-corrected chi connectivity index (χ3v) is 8.00. The summed E-state index contributed by atoms with van der Waals surface area (Å²) in [5.74, 6) is 2.90. The first kappa shape index (κ1) is 18.3. The van der Waals surface area contributed by atoms with Crippen molar-refractivity contribution in [2.24, 2.45) is 17.3 Å². The van der Waals surface area contributed by atoms with Gasteiger partial charge in [0.2, 0.25) is 0 Å². The summed E-state index contributed by atoms with van der Waals surface area (Å²) in [6, 6.07) is 6.10. The Kier molecular flexibility index (Phi) is 5.04. The number of hydrogen-bond donors (Lipinski definition) is 2. The molecule has 0 aliphatic heterocycles. The van der Waals surface area contributed by atoms with Crippen molar-refractivity contribution in [2.45, 2.75) is 76.2 Å². The molecule has 3 nitrogen and oxygen atoms in total. The van der Waals surface area contributed by atoms with Crippen molar-refractivity contribution in [1.82, 2.24) is 0 Å². The van der Waals surface area contributed by atoms with Crippen molar-refractivity contribution < 1.29 is 14.9 Å². The van der Waals surface area contributed by atoms with Crippen LogP contribution in [-0.4, -0.2) is 30.0 Å². The van der Waals surface area contributed by atoms with Gasteiger partial charge in [-0.2, -0.15) is 0 Å². The number of benzene rings is 1. The van der Waals surface area contributed by atoms with E-state index in [1.54, 1.807) is 7.11 Å². The first-order chi connectivity index (χ1) is 12.5. The minimum Gasteiger partial charge on any atom is -0.508 e. The highest BCUT2D eigenvalue weighted by Gasteiger charge is 2.55. The molecule has 1 aromatic rings. The lowest BCUT2D eigenvalue weighted by atomic mass is 9.53. The van der Waals surface area contributed by atoms with Gasteiger partial charge in [-0.15, -0.1) is 0 Å². The minimum absolute atomic E-state index is 0.116. The molecule has 0 radical (unpaired) electrons. The van der Waals surface area contributed by atoms with E-state index in [-0.39, 0.29) is 11.5 Å². The van der Waals surface area contributed by atoms with Gasteiger partial charge in [0.25, 0.3) is 0 Å². The molecule has 144 valence electrons. The lowest BCUT2D eigenvalue weighted by Crippen LogP contribution is -2.44. The van der Waals surface area contributed by atoms with Crippen LogP contribution in [0.15, 0.2) is 18.2 Å². The number of phenols is 1. The Bertz CT molecular complexity index is 642. The minimum atomic E-state index is -0.116. The van der Waals surface area contributed by atoms with E-state index in [1.807, 2.05) is 12.1 Å². The average Bonchev–Trinajstić information content (AvgIpc) is 2.94. The molecule has 1 aromatic carbocycles. The maximum Gasteiger partial charge on any atom is 0.115 e. The third kappa shape index (κ3) is 2.97. The number of aliphatic hydroxyl groups excluding tert-OH is 1. The molecular weight excluding hydrogens is 324 g/mol. The van der Waals surface area contributed by atoms with Crippen molar-refractivity contribution in [1.29, 1.82) is 0 Å². The second kappa shape index (κ2) is 7.16. The number of unbranched alkanes of at least 4 members (excludes halogenated alkanes) is 1. The average molecular weight is 359 g/mol. The van der Waals surface area contributed by atoms with Gasteiger partial charge in [0.1, 0.15) is 5.75 Å². The number of aliphatic hydroxyl groups is 1. The molecule has 0 heterocycles. The fourth-order valence-corrected chi connectivity index (χ4v) is 6.59. The highest BCUT2D eigenvalue weighted by Crippen LogP contribution is 2.62. The zero-order valence-corrected chi connectivity index (χ0v) is 16.3. The number of ether oxygens (including phenoxy) is 1. The van der Waals surface area contributed by atoms with Gasteiger partial charge in [0.05, 0.1) is 6.10 Å². The number of rotatable bonds is 5. The monoisotopic (exact) mass is 358 g/mol. The van der Waals surface area contributed by atoms with Crippen molar-refractivity contribution in [3.05, 3.63) is 29.3 Å². The molecule has 3 heteroatoms. The van der Waals surface area contributed by atoms with Crippen molar-refractivity contribution >= 4 is 0 Å². The largest absolute Gasteiger partial charge is 0.508 e. The predicted molar refractivity (Wildman–Crippen MR) is 103 cm³/mol. The van der Waals surface area contributed by atoms with Crippen LogP contribution in [0.25, 0.3) is 0 Å². The lowest BCUT2D eigenvalue weighted by Gasteiger charge is -2.51. The highest BCUT2D eigenvalue weighted by atomic mass is 16.5. The Hall–Kier alpha value is -1.06. The van der Waals surface area contributed by atoms with E-state index >= 15 is 0 Å². The summed E-state index contributed by atoms with van der Waals surface area (Å²) in [6.07, 6.45) is 9.05. The number of phenolic OH excluding ortho intramolecular Hbond substituents is 1. The van der Waals surface area contributed by atoms with E-state index in [9.17, 15) is 10.2 Å². The van der Waals surface area contributed by atoms with Crippen LogP contribution in [0.4, 0.5) is 0 Å². The molecule has 3 aliphatic carbocycles. The molecular formula is C23H34O3. The Morgan fingerprint density at radius 2 is 2.00 bits per heavy atom. The van der Waals surface area contributed by atoms with Crippen molar-refractivity contribution in [3.63, 3.8) is 0 Å². The van der Waals surface area contributed by atoms with Crippen LogP contribution in [0.1, 0.15) is 81.3 Å². The Labute approximate surface area is 157 Å². The quantitative estimate of drug-likeness (QED) is 0.731. The SMILES string of the molecule is COCCCCC1CC2C(CCC3(C)C(O)CCC23)c2ccc(O)cc21. The van der Waals surface area contributed by atoms with Gasteiger partial charge >= 0.3 is 0 Å². The second-order valence-electron chi connectivity index (χ2n) is 9.25. The Morgan fingerprint density at radius 1 is 1.15 bits per heavy atom. The van der Waals surface area contributed by atoms with Gasteiger partial charge in [-0.25, -0.2) is 0 Å². The molecule has 3 aliphatic rings. The van der Waals surface area contributed by atoms with Crippen LogP contribution < -0.4 is 0 Å². The molecule has 2 saturated carbocycles. The summed E-state index contributed by atoms with van der Waals surface area (Å²) in [6.45, 7) is 3.17. The van der Waals surface area contributed by atoms with Gasteiger partial charge in [-0.1, -0.05) is 19.4 Å². The van der Waals surface area contributed by atoms with Gasteiger partial charge < -0.3 is 14.9 Å². The van der Waals surface area contributed by atoms with Gasteiger partial charge in [0, 0.05) is 13.7 Å². The molecule has 0 amide bonds. The zero-order chi connectivity index (χ0) is 18.3. The van der Waals surface area contributed by atoms with Crippen LogP contribution in [0.5, 0.6) is 5.75 Å². The molecule has 0 aromatic heterocycles. The Balaban J connectivity index is 1.62. The molecule has 2 fully saturated rings. The summed E-state index contributed by atoms with van der Waals surface area (Å²) in [7, 11) is 1.77. The third-order valence-electron chi connectivity index (χ3n) is 8.00. The smallest absolute Gasteiger partial charge is 0.115 e. The van der Waals surface area contributed by atoms with Crippen LogP contribution in [0.2, 0.25) is 0 Å². The van der Waals surface area contributed by atoms with E-state index in [0.29, 0.717) is 29.4 Å². The molecule has 26 heavy (non-hydrogen) atoms. The van der Waals surface area contributed by atoms with E-state index in [0.717, 1.165) is 25.9 Å². The molecule has 4 rings (SSSR count). The summed E-state index contributed by atoms with van der Waals surface area (Å²) in [4.78, 5) is 0. The van der Waals surface area contributed by atoms with Crippen LogP contribution in [-0.2, 0) is 4.74 Å². The summed E-state index contributed by atoms with van der Waals surface area (Å²) in [5.41, 5.74) is 3.00. The van der Waals surface area contributed by atoms with E-state index in [2.05, 4.69) is 13.0 Å². The van der Waals surface area contributed by atoms with E-state index in [4.69, 9.17) is 4.74 Å². The maximum absolute atomic E-state index is 10.6. The fourth-order valence-electron chi connectivity index (χ4n) is 6.59. The van der Waals surface area contributed by atoms with Gasteiger partial charge in [-0.3, -0.25) is 0 Å². The van der Waals surface area contributed by atoms with E-state index < -0.39 is 0 Å². The Morgan fingerprint density at radius 3 is 2.81 bits per heavy atom. The number of fused-ring (bicyclic) bond motifs is 5. The first-order valence-electron chi connectivity index (χ1n) is 10.5. The van der Waals surface area contributed by atoms with Crippen molar-refractivity contribution in [2.75, 3.05) is 13.7 Å². The second-order valence-corrected chi connectivity index (χ2v) is 9.25. The molecule has 0 bridgehead atoms. The van der Waals surface area contributed by atoms with E-state index in [1.165, 1.54) is 43.2 Å². The fraction of sp³-hybridized carbons (Fsp3) is 0.739. The number of hydrogen-bond acceptors (Lipinski definition) is 3. The zero-order valence-electron chi connectivity index (χ0n) is 16.3. The standard InChI is InChI=1S/C23H34O3/c1-23-11-10-18-17-7-6-16(24)14-19(17)15(5-3-4-12-26-2)13-20(18)21(23)8-9-22(23)25/h6-7,14-15,18,20-22,24-25H,3-5,8-13H2,1-2H3. The summed E-state index contributed by atoms with van der Waals surface area (Å²) < 4.78 is 5.22. The predicted octanol–water partition coefficient (Wildman–Crippen LogP) is 4.97. The van der Waals surface area contributed by atoms with Gasteiger partial charge in [-0.05, 0) is 97.3 Å². The summed E-state index contributed by atoms with van der Waals surface area (Å²) in [5, 5.41) is 20.7. The normalized spacial score (nSPS) is 38.5. The first-order valence-corrected chi connectivity index (χ1v) is 10.5. The summed E-state index contributed by atoms with van der Waals surface area (Å²) >= 11 is 0. The maximum atomic E-state index is 10.6. The molecule has 6 atom stereocenters. The molecule has 2 N–H and O–H groups in total.